The van der Waals surface area contributed by atoms with Crippen molar-refractivity contribution in [2.45, 2.75) is 78.6 Å². The molecule has 0 radical (unpaired) electrons. The first-order chi connectivity index (χ1) is 37.1. The summed E-state index contributed by atoms with van der Waals surface area (Å²) in [6.07, 6.45) is 0. The van der Waals surface area contributed by atoms with Crippen LogP contribution in [0.15, 0.2) is 251 Å². The molecule has 79 heavy (non-hydrogen) atoms. The maximum atomic E-state index is 5.87. The summed E-state index contributed by atoms with van der Waals surface area (Å²) >= 11 is 1.69. The molecule has 0 fully saturated rings. The molecule has 17 heteroatoms. The zero-order valence-electron chi connectivity index (χ0n) is 48.5. The van der Waals surface area contributed by atoms with Crippen molar-refractivity contribution in [2.24, 2.45) is 8.82 Å². The third-order valence-corrected chi connectivity index (χ3v) is 38.8. The van der Waals surface area contributed by atoms with Gasteiger partial charge in [0, 0.05) is 0 Å². The van der Waals surface area contributed by atoms with Crippen LogP contribution in [0.3, 0.4) is 0 Å². The monoisotopic (exact) mass is 1370 g/mol. The number of rotatable bonds is 16. The van der Waals surface area contributed by atoms with Crippen molar-refractivity contribution in [3.63, 3.8) is 0 Å². The first-order valence-corrected chi connectivity index (χ1v) is 54.8. The Morgan fingerprint density at radius 3 is 0.582 bits per heavy atom. The molecule has 0 aromatic heterocycles. The maximum absolute atomic E-state index is 5.87. The molecule has 0 atom stereocenters. The van der Waals surface area contributed by atoms with Gasteiger partial charge in [0.25, 0.3) is 0 Å². The Bertz CT molecular complexity index is 2900. The summed E-state index contributed by atoms with van der Waals surface area (Å²) in [4.78, 5) is 0. The zero-order valence-corrected chi connectivity index (χ0v) is 66.5. The third kappa shape index (κ3) is 19.6. The Kier molecular flexibility index (Phi) is 28.0. The molecule has 400 valence electrons. The number of hydrogen-bond acceptors (Lipinski definition) is 2. The van der Waals surface area contributed by atoms with Crippen LogP contribution in [-0.4, -0.2) is 44.0 Å². The van der Waals surface area contributed by atoms with Crippen LogP contribution in [0.1, 0.15) is 0 Å². The molecule has 0 spiro atoms. The van der Waals surface area contributed by atoms with Crippen LogP contribution in [-0.2, 0) is 54.1 Å². The average molecular weight is 1380 g/mol. The van der Waals surface area contributed by atoms with E-state index in [4.69, 9.17) is 37.7 Å². The Labute approximate surface area is 522 Å². The first kappa shape index (κ1) is 69.5. The number of nitrogens with zero attached hydrogens (tertiary/aromatic N) is 4. The van der Waals surface area contributed by atoms with Gasteiger partial charge < -0.3 is 43.5 Å². The molecule has 8 aromatic rings. The van der Waals surface area contributed by atoms with Crippen LogP contribution >= 0.6 is 47.6 Å². The molecule has 8 aromatic carbocycles. The summed E-state index contributed by atoms with van der Waals surface area (Å²) in [5.41, 5.74) is 8.84. The van der Waals surface area contributed by atoms with Crippen molar-refractivity contribution in [1.82, 2.24) is 0 Å². The Hall–Kier alpha value is -1.94. The van der Waals surface area contributed by atoms with Crippen LogP contribution in [0.5, 0.6) is 0 Å². The smallest absolute Gasteiger partial charge is 2.00 e. The summed E-state index contributed by atoms with van der Waals surface area (Å²) in [5, 5.41) is 10.0. The van der Waals surface area contributed by atoms with Gasteiger partial charge in [-0.1, -0.05) is 359 Å². The summed E-state index contributed by atoms with van der Waals surface area (Å²) < 4.78 is 23.5. The van der Waals surface area contributed by atoms with E-state index in [1.54, 1.807) is 0 Å². The largest absolute Gasteiger partial charge is 2.00 e. The molecule has 0 aliphatic carbocycles. The van der Waals surface area contributed by atoms with Crippen molar-refractivity contribution in [2.75, 3.05) is 0 Å². The maximum Gasteiger partial charge on any atom is 2.00 e. The summed E-state index contributed by atoms with van der Waals surface area (Å²) in [5.74, 6) is 0. The van der Waals surface area contributed by atoms with Gasteiger partial charge in [0.1, 0.15) is 0 Å². The van der Waals surface area contributed by atoms with E-state index in [2.05, 4.69) is 332 Å². The molecular formula is C62H76Cl2N4P4Si4Zn3. The van der Waals surface area contributed by atoms with Gasteiger partial charge in [-0.15, -0.1) is 14.1 Å². The van der Waals surface area contributed by atoms with Gasteiger partial charge in [0.2, 0.25) is 0 Å². The molecule has 0 bridgehead atoms. The van der Waals surface area contributed by atoms with Gasteiger partial charge in [-0.25, -0.2) is 0 Å². The standard InChI is InChI=1S/2C31H38N2P2Si2.2ClH.3Zn/c2*1-36(2,3)32-34(28-19-11-7-12-20-28,29-21-13-8-14-22-29)27-35(33-37(4,5)6,30-23-15-9-16-24-30)31-25-17-10-18-26-31;;;;;/h2*7-26H,1-6H3;2*1H;;;/q2*-2;;;3*+2/p-2. The van der Waals surface area contributed by atoms with Crippen LogP contribution in [0.4, 0.5) is 0 Å². The molecule has 0 saturated heterocycles. The normalized spacial score (nSPS) is 12.1. The second kappa shape index (κ2) is 31.8. The predicted octanol–water partition coefficient (Wildman–Crippen LogP) is 17.6. The zero-order chi connectivity index (χ0) is 57.1. The molecule has 0 amide bonds. The van der Waals surface area contributed by atoms with Crippen molar-refractivity contribution >= 4 is 134 Å². The predicted molar refractivity (Wildman–Crippen MR) is 363 cm³/mol. The quantitative estimate of drug-likeness (QED) is 0.0526. The number of hydrogen-bond donors (Lipinski definition) is 0. The van der Waals surface area contributed by atoms with Gasteiger partial charge >= 0.3 is 73.5 Å². The topological polar surface area (TPSA) is 52.9 Å². The summed E-state index contributed by atoms with van der Waals surface area (Å²) in [6, 6.07) is 87.3. The van der Waals surface area contributed by atoms with Crippen molar-refractivity contribution in [3.8, 4) is 0 Å². The summed E-state index contributed by atoms with van der Waals surface area (Å²) in [6.45, 7) is 28.1. The molecule has 4 nitrogen and oxygen atoms in total. The van der Waals surface area contributed by atoms with E-state index < -0.39 is 61.1 Å². The Balaban J connectivity index is 0.000000317. The summed E-state index contributed by atoms with van der Waals surface area (Å²) in [7, 11) is -7.93. The van der Waals surface area contributed by atoms with E-state index in [9.17, 15) is 0 Å². The molecule has 0 unspecified atom stereocenters. The van der Waals surface area contributed by atoms with Gasteiger partial charge in [0.05, 0.1) is 0 Å². The van der Waals surface area contributed by atoms with E-state index in [0.29, 0.717) is 0 Å². The molecule has 0 saturated carbocycles. The van der Waals surface area contributed by atoms with Crippen LogP contribution < -0.4 is 42.4 Å². The molecule has 0 heterocycles. The fraction of sp³-hybridized carbons (Fsp3) is 0.194. The van der Waals surface area contributed by atoms with E-state index in [-0.39, 0.29) is 19.5 Å². The van der Waals surface area contributed by atoms with Gasteiger partial charge in [-0.05, 0) is 21.2 Å². The van der Waals surface area contributed by atoms with Gasteiger partial charge in [0.15, 0.2) is 16.5 Å². The second-order valence-electron chi connectivity index (χ2n) is 22.5. The van der Waals surface area contributed by atoms with E-state index in [0.717, 1.165) is 34.6 Å². The van der Waals surface area contributed by atoms with E-state index >= 15 is 0 Å². The fourth-order valence-corrected chi connectivity index (χ4v) is 42.5. The minimum absolute atomic E-state index is 0. The van der Waals surface area contributed by atoms with Gasteiger partial charge in [-0.3, -0.25) is 0 Å². The Morgan fingerprint density at radius 1 is 0.291 bits per heavy atom. The molecular weight excluding hydrogens is 1300 g/mol. The second-order valence-corrected chi connectivity index (χ2v) is 53.9. The molecule has 0 N–H and O–H groups in total. The Morgan fingerprint density at radius 2 is 0.443 bits per heavy atom. The van der Waals surface area contributed by atoms with Crippen LogP contribution in [0, 0.1) is 0 Å². The SMILES string of the molecule is C[Si](C)(C)N=P([C-]=P([N-][Si](C)(C)C)(c1ccccc1)c1ccccc1)(c1ccccc1)c1ccccc1.C[Si](C)(C)N=P([C-]=P([N-][Si](C)(C)C)(c1ccccc1)c1ccccc1)(c1ccccc1)c1ccccc1.[Cl][Zn+].[Cl][Zn+].[Zn+2]. The molecule has 0 aliphatic heterocycles. The van der Waals surface area contributed by atoms with Crippen LogP contribution in [0.2, 0.25) is 78.6 Å². The molecule has 0 aliphatic rings. The van der Waals surface area contributed by atoms with Crippen molar-refractivity contribution in [1.29, 1.82) is 0 Å². The van der Waals surface area contributed by atoms with Crippen molar-refractivity contribution < 1.29 is 54.1 Å². The van der Waals surface area contributed by atoms with Crippen molar-refractivity contribution in [3.05, 3.63) is 252 Å². The van der Waals surface area contributed by atoms with Gasteiger partial charge in [-0.2, -0.15) is 0 Å². The van der Waals surface area contributed by atoms with E-state index in [1.165, 1.54) is 42.4 Å². The van der Waals surface area contributed by atoms with E-state index in [1.807, 2.05) is 0 Å². The van der Waals surface area contributed by atoms with Crippen LogP contribution in [0.25, 0.3) is 9.51 Å². The third-order valence-electron chi connectivity index (χ3n) is 11.4. The minimum Gasteiger partial charge on any atom is 2.00 e. The first-order valence-electron chi connectivity index (χ1n) is 26.2. The average Bonchev–Trinajstić information content (AvgIpc) is 3.63. The molecule has 8 rings (SSSR count). The fourth-order valence-electron chi connectivity index (χ4n) is 8.98. The minimum atomic E-state index is -2.45. The number of halogens is 2. The number of benzene rings is 8.